The molecule has 6 heteroatoms. The summed E-state index contributed by atoms with van der Waals surface area (Å²) in [5.41, 5.74) is 1.41. The van der Waals surface area contributed by atoms with Gasteiger partial charge in [0.05, 0.1) is 0 Å². The molecule has 118 valence electrons. The van der Waals surface area contributed by atoms with E-state index < -0.39 is 0 Å². The molecular formula is C14H23I2N3Pt. The van der Waals surface area contributed by atoms with Gasteiger partial charge in [0, 0.05) is 51.8 Å². The average Bonchev–Trinajstić information content (AvgIpc) is 3.21. The van der Waals surface area contributed by atoms with Crippen molar-refractivity contribution in [1.82, 2.24) is 10.5 Å². The van der Waals surface area contributed by atoms with Crippen LogP contribution >= 0.6 is 45.7 Å². The maximum absolute atomic E-state index is 2.51. The van der Waals surface area contributed by atoms with Gasteiger partial charge in [-0.25, -0.2) is 0 Å². The Morgan fingerprint density at radius 2 is 1.75 bits per heavy atom. The Bertz CT molecular complexity index is 485. The van der Waals surface area contributed by atoms with Crippen molar-refractivity contribution in [2.24, 2.45) is 7.05 Å². The monoisotopic (exact) mass is 682 g/mol. The van der Waals surface area contributed by atoms with Gasteiger partial charge in [-0.05, 0) is 12.8 Å². The fourth-order valence-electron chi connectivity index (χ4n) is 2.73. The van der Waals surface area contributed by atoms with Crippen molar-refractivity contribution in [3.8, 4) is 0 Å². The number of nitrogens with zero attached hydrogens (tertiary/aromatic N) is 3. The Labute approximate surface area is 160 Å². The van der Waals surface area contributed by atoms with E-state index in [2.05, 4.69) is 95.7 Å². The summed E-state index contributed by atoms with van der Waals surface area (Å²) < 4.78 is 8.33. The minimum absolute atomic E-state index is 0.762. The van der Waals surface area contributed by atoms with Crippen molar-refractivity contribution in [2.45, 2.75) is 64.0 Å². The topological polar surface area (TPSA) is 13.1 Å². The molecular weight excluding hydrogens is 659 g/mol. The van der Waals surface area contributed by atoms with Crippen molar-refractivity contribution >= 4 is 45.7 Å². The number of imidazole rings is 1. The average molecular weight is 682 g/mol. The first-order valence-electron chi connectivity index (χ1n) is 7.31. The molecule has 1 aromatic heterocycles. The maximum atomic E-state index is 2.51. The molecule has 0 aromatic carbocycles. The fraction of sp³-hybridized carbons (Fsp3) is 0.786. The van der Waals surface area contributed by atoms with E-state index in [4.69, 9.17) is 0 Å². The summed E-state index contributed by atoms with van der Waals surface area (Å²) in [6, 6.07) is 1.67. The second-order valence-electron chi connectivity index (χ2n) is 5.77. The smallest absolute Gasteiger partial charge is 0.0311 e. The van der Waals surface area contributed by atoms with Crippen LogP contribution in [-0.2, 0) is 26.4 Å². The van der Waals surface area contributed by atoms with E-state index >= 15 is 0 Å². The van der Waals surface area contributed by atoms with Gasteiger partial charge in [-0.2, -0.15) is 1.33 Å². The van der Waals surface area contributed by atoms with Crippen LogP contribution in [0.2, 0.25) is 0 Å². The molecule has 0 radical (unpaired) electrons. The molecule has 1 heterocycles. The molecule has 0 amide bonds. The standard InChI is InChI=1S/C11H18N2.C3H5I2N.Pt/c1-10-8-12(2)9-13(10)11-6-4-3-5-7-11;4-6(5)3-1-2-3;/h8,11H,3-7H2,1-2H3;3H,1-2H2;. The van der Waals surface area contributed by atoms with Crippen LogP contribution in [0.25, 0.3) is 0 Å². The van der Waals surface area contributed by atoms with Gasteiger partial charge in [-0.15, -0.1) is 0 Å². The van der Waals surface area contributed by atoms with Crippen LogP contribution in [0, 0.1) is 10.7 Å². The van der Waals surface area contributed by atoms with E-state index in [0.29, 0.717) is 0 Å². The van der Waals surface area contributed by atoms with Crippen molar-refractivity contribution < 1.29 is 19.4 Å². The van der Waals surface area contributed by atoms with Crippen LogP contribution < -0.4 is 0 Å². The van der Waals surface area contributed by atoms with Crippen LogP contribution in [-0.4, -0.2) is 16.5 Å². The van der Waals surface area contributed by atoms with Crippen molar-refractivity contribution in [1.29, 1.82) is 0 Å². The molecule has 2 saturated carbocycles. The molecule has 3 nitrogen and oxygen atoms in total. The van der Waals surface area contributed by atoms with Crippen LogP contribution in [0.15, 0.2) is 6.20 Å². The molecule has 0 spiro atoms. The second-order valence-corrected chi connectivity index (χ2v) is 10.7. The minimum atomic E-state index is 0.762. The number of aryl methyl sites for hydroxylation is 2. The Morgan fingerprint density at radius 1 is 1.15 bits per heavy atom. The number of aromatic nitrogens is 2. The molecule has 0 unspecified atom stereocenters. The summed E-state index contributed by atoms with van der Waals surface area (Å²) in [5, 5.41) is 0. The Balaban J connectivity index is 0.000000205. The van der Waals surface area contributed by atoms with Gasteiger partial charge in [-0.3, -0.25) is 0 Å². The van der Waals surface area contributed by atoms with Crippen LogP contribution in [0.3, 0.4) is 0 Å². The van der Waals surface area contributed by atoms with E-state index in [1.54, 1.807) is 0 Å². The van der Waals surface area contributed by atoms with E-state index in [0.717, 1.165) is 12.1 Å². The zero-order chi connectivity index (χ0) is 14.7. The normalized spacial score (nSPS) is 19.9. The van der Waals surface area contributed by atoms with E-state index in [-0.39, 0.29) is 0 Å². The largest absolute Gasteiger partial charge is 0.185 e. The SMILES string of the molecule is Cc1cn(C)[c](=[Pt])n1C1CCCCC1.IN(I)C1CC1. The van der Waals surface area contributed by atoms with E-state index in [9.17, 15) is 0 Å². The third kappa shape index (κ3) is 4.91. The predicted molar refractivity (Wildman–Crippen MR) is 96.4 cm³/mol. The zero-order valence-corrected chi connectivity index (χ0v) is 18.7. The Kier molecular flexibility index (Phi) is 7.29. The van der Waals surface area contributed by atoms with Gasteiger partial charge < -0.3 is 0 Å². The Morgan fingerprint density at radius 3 is 2.10 bits per heavy atom. The Hall–Kier alpha value is 1.32. The molecule has 2 fully saturated rings. The fourth-order valence-corrected chi connectivity index (χ4v) is 4.81. The molecule has 2 aliphatic rings. The van der Waals surface area contributed by atoms with Gasteiger partial charge in [0.25, 0.3) is 0 Å². The molecule has 1 aromatic rings. The van der Waals surface area contributed by atoms with Crippen molar-refractivity contribution in [3.05, 3.63) is 15.7 Å². The molecule has 0 N–H and O–H groups in total. The minimum Gasteiger partial charge on any atom is -0.185 e. The summed E-state index contributed by atoms with van der Waals surface area (Å²) in [4.78, 5) is 0. The third-order valence-electron chi connectivity index (χ3n) is 3.98. The van der Waals surface area contributed by atoms with Gasteiger partial charge in [0.15, 0.2) is 0 Å². The number of hydrogen-bond donors (Lipinski definition) is 0. The summed E-state index contributed by atoms with van der Waals surface area (Å²) in [6.07, 6.45) is 12.0. The van der Waals surface area contributed by atoms with E-state index in [1.165, 1.54) is 54.4 Å². The third-order valence-corrected chi connectivity index (χ3v) is 6.90. The number of rotatable bonds is 2. The maximum Gasteiger partial charge on any atom is 0.0311 e. The van der Waals surface area contributed by atoms with Gasteiger partial charge in [0.2, 0.25) is 0 Å². The first-order valence-corrected chi connectivity index (χ1v) is 10.4. The summed E-state index contributed by atoms with van der Waals surface area (Å²) in [6.45, 7) is 2.22. The van der Waals surface area contributed by atoms with E-state index in [1.807, 2.05) is 0 Å². The van der Waals surface area contributed by atoms with Crippen molar-refractivity contribution in [2.75, 3.05) is 0 Å². The molecule has 20 heavy (non-hydrogen) atoms. The summed E-state index contributed by atoms with van der Waals surface area (Å²) in [5.74, 6) is 0. The quantitative estimate of drug-likeness (QED) is 0.321. The van der Waals surface area contributed by atoms with Crippen LogP contribution in [0.5, 0.6) is 0 Å². The summed E-state index contributed by atoms with van der Waals surface area (Å²) >= 11 is 7.07. The molecule has 2 aliphatic carbocycles. The van der Waals surface area contributed by atoms with Crippen LogP contribution in [0.4, 0.5) is 0 Å². The molecule has 3 rings (SSSR count). The molecule has 0 bridgehead atoms. The predicted octanol–water partition coefficient (Wildman–Crippen LogP) is 4.87. The first kappa shape index (κ1) is 17.7. The van der Waals surface area contributed by atoms with Gasteiger partial charge in [0.1, 0.15) is 0 Å². The second kappa shape index (κ2) is 8.25. The van der Waals surface area contributed by atoms with Crippen molar-refractivity contribution in [3.63, 3.8) is 0 Å². The zero-order valence-electron chi connectivity index (χ0n) is 12.1. The molecule has 0 atom stereocenters. The number of hydrogen-bond acceptors (Lipinski definition) is 1. The van der Waals surface area contributed by atoms with Gasteiger partial charge >= 0.3 is 96.3 Å². The molecule has 0 aliphatic heterocycles. The first-order chi connectivity index (χ1) is 9.50. The van der Waals surface area contributed by atoms with Crippen LogP contribution in [0.1, 0.15) is 56.7 Å². The summed E-state index contributed by atoms with van der Waals surface area (Å²) in [7, 11) is 2.13. The number of halogens is 2. The van der Waals surface area contributed by atoms with Gasteiger partial charge in [-0.1, -0.05) is 0 Å². The molecule has 0 saturated heterocycles.